The molecule has 0 N–H and O–H groups in total. The second-order valence-corrected chi connectivity index (χ2v) is 9.87. The quantitative estimate of drug-likeness (QED) is 0.739. The predicted octanol–water partition coefficient (Wildman–Crippen LogP) is 3.02. The van der Waals surface area contributed by atoms with Gasteiger partial charge in [-0.25, -0.2) is 8.42 Å². The molecule has 2 saturated heterocycles. The predicted molar refractivity (Wildman–Crippen MR) is 103 cm³/mol. The summed E-state index contributed by atoms with van der Waals surface area (Å²) >= 11 is 0. The molecule has 2 fully saturated rings. The van der Waals surface area contributed by atoms with Crippen LogP contribution in [0.4, 0.5) is 0 Å². The summed E-state index contributed by atoms with van der Waals surface area (Å²) in [6, 6.07) is 6.29. The zero-order valence-corrected chi connectivity index (χ0v) is 16.7. The first-order valence-corrected chi connectivity index (χ1v) is 11.1. The molecule has 1 aromatic rings. The molecule has 0 amide bonds. The maximum absolute atomic E-state index is 12.8. The molecular weight excluding hydrogens is 348 g/mol. The summed E-state index contributed by atoms with van der Waals surface area (Å²) in [6.07, 6.45) is 4.46. The Hall–Kier alpha value is -1.24. The maximum Gasteiger partial charge on any atom is 0.243 e. The van der Waals surface area contributed by atoms with Gasteiger partial charge in [0.25, 0.3) is 0 Å². The average Bonchev–Trinajstić information content (AvgIpc) is 2.62. The fourth-order valence-electron chi connectivity index (χ4n) is 4.16. The van der Waals surface area contributed by atoms with Crippen molar-refractivity contribution in [2.45, 2.75) is 44.4 Å². The van der Waals surface area contributed by atoms with E-state index in [9.17, 15) is 13.2 Å². The molecule has 1 aromatic carbocycles. The van der Waals surface area contributed by atoms with Crippen molar-refractivity contribution < 1.29 is 13.2 Å². The van der Waals surface area contributed by atoms with Gasteiger partial charge in [-0.05, 0) is 63.1 Å². The minimum Gasteiger partial charge on any atom is -0.303 e. The number of ketones is 1. The standard InChI is InChI=1S/C20H30N2O3S/c1-16-4-3-11-21(14-16)15-18-9-12-22(13-10-18)26(24,25)20-7-5-19(6-8-20)17(2)23/h5-8,16,18H,3-4,9-15H2,1-2H3/t16-/m1/s1. The first kappa shape index (κ1) is 19.5. The molecule has 0 aromatic heterocycles. The van der Waals surface area contributed by atoms with Crippen LogP contribution in [0.25, 0.3) is 0 Å². The van der Waals surface area contributed by atoms with Gasteiger partial charge in [0, 0.05) is 31.7 Å². The zero-order chi connectivity index (χ0) is 18.7. The van der Waals surface area contributed by atoms with Gasteiger partial charge in [0.05, 0.1) is 4.90 Å². The van der Waals surface area contributed by atoms with Crippen LogP contribution < -0.4 is 0 Å². The number of Topliss-reactive ketones (excluding diaryl/α,β-unsaturated/α-hetero) is 1. The van der Waals surface area contributed by atoms with E-state index in [1.54, 1.807) is 28.6 Å². The topological polar surface area (TPSA) is 57.7 Å². The number of hydrogen-bond donors (Lipinski definition) is 0. The lowest BCUT2D eigenvalue weighted by molar-refractivity contribution is 0.101. The van der Waals surface area contributed by atoms with Gasteiger partial charge in [0.2, 0.25) is 10.0 Å². The van der Waals surface area contributed by atoms with E-state index in [-0.39, 0.29) is 10.7 Å². The number of likely N-dealkylation sites (tertiary alicyclic amines) is 1. The lowest BCUT2D eigenvalue weighted by Crippen LogP contribution is -2.43. The van der Waals surface area contributed by atoms with Crippen LogP contribution >= 0.6 is 0 Å². The van der Waals surface area contributed by atoms with Crippen LogP contribution in [0.15, 0.2) is 29.2 Å². The highest BCUT2D eigenvalue weighted by molar-refractivity contribution is 7.89. The third-order valence-corrected chi connectivity index (χ3v) is 7.64. The molecule has 0 bridgehead atoms. The number of sulfonamides is 1. The fourth-order valence-corrected chi connectivity index (χ4v) is 5.63. The molecule has 3 rings (SSSR count). The van der Waals surface area contributed by atoms with Gasteiger partial charge < -0.3 is 4.90 Å². The summed E-state index contributed by atoms with van der Waals surface area (Å²) < 4.78 is 27.3. The third-order valence-electron chi connectivity index (χ3n) is 5.73. The molecule has 5 nitrogen and oxygen atoms in total. The minimum atomic E-state index is -3.46. The van der Waals surface area contributed by atoms with Gasteiger partial charge in [-0.3, -0.25) is 4.79 Å². The maximum atomic E-state index is 12.8. The number of carbonyl (C=O) groups excluding carboxylic acids is 1. The molecule has 1 atom stereocenters. The van der Waals surface area contributed by atoms with Crippen molar-refractivity contribution in [3.05, 3.63) is 29.8 Å². The first-order chi connectivity index (χ1) is 12.4. The Balaban J connectivity index is 1.57. The third kappa shape index (κ3) is 4.53. The highest BCUT2D eigenvalue weighted by Gasteiger charge is 2.30. The molecule has 144 valence electrons. The zero-order valence-electron chi connectivity index (χ0n) is 15.9. The van der Waals surface area contributed by atoms with Crippen molar-refractivity contribution in [1.29, 1.82) is 0 Å². The molecule has 2 aliphatic rings. The van der Waals surface area contributed by atoms with Crippen LogP contribution in [0.3, 0.4) is 0 Å². The summed E-state index contributed by atoms with van der Waals surface area (Å²) in [4.78, 5) is 14.2. The van der Waals surface area contributed by atoms with Crippen LogP contribution in [-0.4, -0.2) is 56.1 Å². The number of rotatable bonds is 5. The number of benzene rings is 1. The van der Waals surface area contributed by atoms with E-state index in [4.69, 9.17) is 0 Å². The molecule has 0 aliphatic carbocycles. The molecule has 2 aliphatic heterocycles. The van der Waals surface area contributed by atoms with Crippen LogP contribution in [0, 0.1) is 11.8 Å². The van der Waals surface area contributed by atoms with E-state index < -0.39 is 10.0 Å². The monoisotopic (exact) mass is 378 g/mol. The van der Waals surface area contributed by atoms with Gasteiger partial charge in [0.1, 0.15) is 0 Å². The second-order valence-electron chi connectivity index (χ2n) is 7.94. The Bertz CT molecular complexity index is 722. The molecule has 6 heteroatoms. The van der Waals surface area contributed by atoms with Crippen molar-refractivity contribution in [3.8, 4) is 0 Å². The normalized spacial score (nSPS) is 23.8. The fraction of sp³-hybridized carbons (Fsp3) is 0.650. The van der Waals surface area contributed by atoms with Gasteiger partial charge in [-0.15, -0.1) is 0 Å². The molecule has 26 heavy (non-hydrogen) atoms. The lowest BCUT2D eigenvalue weighted by atomic mass is 9.94. The van der Waals surface area contributed by atoms with Crippen LogP contribution in [0.2, 0.25) is 0 Å². The van der Waals surface area contributed by atoms with E-state index in [0.29, 0.717) is 24.6 Å². The summed E-state index contributed by atoms with van der Waals surface area (Å²) in [5.74, 6) is 1.32. The van der Waals surface area contributed by atoms with E-state index in [2.05, 4.69) is 11.8 Å². The van der Waals surface area contributed by atoms with Crippen molar-refractivity contribution in [2.75, 3.05) is 32.7 Å². The van der Waals surface area contributed by atoms with Gasteiger partial charge in [0.15, 0.2) is 5.78 Å². The summed E-state index contributed by atoms with van der Waals surface area (Å²) in [7, 11) is -3.46. The van der Waals surface area contributed by atoms with E-state index in [1.807, 2.05) is 0 Å². The van der Waals surface area contributed by atoms with Gasteiger partial charge in [-0.1, -0.05) is 19.1 Å². The summed E-state index contributed by atoms with van der Waals surface area (Å²) in [5.41, 5.74) is 0.540. The Morgan fingerprint density at radius 3 is 2.31 bits per heavy atom. The molecule has 2 heterocycles. The van der Waals surface area contributed by atoms with E-state index >= 15 is 0 Å². The Morgan fingerprint density at radius 1 is 1.08 bits per heavy atom. The average molecular weight is 379 g/mol. The number of nitrogens with zero attached hydrogens (tertiary/aromatic N) is 2. The van der Waals surface area contributed by atoms with Crippen molar-refractivity contribution in [2.24, 2.45) is 11.8 Å². The van der Waals surface area contributed by atoms with Crippen molar-refractivity contribution >= 4 is 15.8 Å². The van der Waals surface area contributed by atoms with Crippen molar-refractivity contribution in [3.63, 3.8) is 0 Å². The number of hydrogen-bond acceptors (Lipinski definition) is 4. The van der Waals surface area contributed by atoms with Gasteiger partial charge >= 0.3 is 0 Å². The highest BCUT2D eigenvalue weighted by atomic mass is 32.2. The van der Waals surface area contributed by atoms with Crippen LogP contribution in [-0.2, 0) is 10.0 Å². The Labute approximate surface area is 157 Å². The molecular formula is C20H30N2O3S. The number of piperidine rings is 2. The van der Waals surface area contributed by atoms with E-state index in [1.165, 1.54) is 32.9 Å². The molecule has 0 unspecified atom stereocenters. The largest absolute Gasteiger partial charge is 0.303 e. The Morgan fingerprint density at radius 2 is 1.73 bits per heavy atom. The summed E-state index contributed by atoms with van der Waals surface area (Å²) in [6.45, 7) is 8.45. The second kappa shape index (κ2) is 8.19. The van der Waals surface area contributed by atoms with Crippen molar-refractivity contribution in [1.82, 2.24) is 9.21 Å². The SMILES string of the molecule is CC(=O)c1ccc(S(=O)(=O)N2CCC(CN3CCC[C@@H](C)C3)CC2)cc1. The highest BCUT2D eigenvalue weighted by Crippen LogP contribution is 2.26. The van der Waals surface area contributed by atoms with Gasteiger partial charge in [-0.2, -0.15) is 4.31 Å². The molecule has 0 radical (unpaired) electrons. The van der Waals surface area contributed by atoms with Crippen LogP contribution in [0.5, 0.6) is 0 Å². The minimum absolute atomic E-state index is 0.0539. The van der Waals surface area contributed by atoms with Crippen LogP contribution in [0.1, 0.15) is 49.9 Å². The number of carbonyl (C=O) groups is 1. The molecule has 0 saturated carbocycles. The molecule has 0 spiro atoms. The Kier molecular flexibility index (Phi) is 6.15. The smallest absolute Gasteiger partial charge is 0.243 e. The lowest BCUT2D eigenvalue weighted by Gasteiger charge is -2.37. The first-order valence-electron chi connectivity index (χ1n) is 9.70. The van der Waals surface area contributed by atoms with E-state index in [0.717, 1.165) is 25.3 Å². The summed E-state index contributed by atoms with van der Waals surface area (Å²) in [5, 5.41) is 0.